The van der Waals surface area contributed by atoms with Gasteiger partial charge in [0.15, 0.2) is 0 Å². The summed E-state index contributed by atoms with van der Waals surface area (Å²) >= 11 is 0. The van der Waals surface area contributed by atoms with Crippen LogP contribution >= 0.6 is 0 Å². The third kappa shape index (κ3) is 5.40. The maximum atomic E-state index is 12.1. The third-order valence-electron chi connectivity index (χ3n) is 4.24. The van der Waals surface area contributed by atoms with Crippen molar-refractivity contribution in [2.45, 2.75) is 37.8 Å². The molecule has 0 bridgehead atoms. The van der Waals surface area contributed by atoms with Crippen LogP contribution in [0.2, 0.25) is 0 Å². The Balaban J connectivity index is 1.75. The van der Waals surface area contributed by atoms with Gasteiger partial charge in [-0.3, -0.25) is 4.79 Å². The minimum absolute atomic E-state index is 0.0862. The number of carbonyl (C=O) groups is 1. The van der Waals surface area contributed by atoms with Crippen molar-refractivity contribution in [3.8, 4) is 0 Å². The first kappa shape index (κ1) is 16.9. The molecule has 0 aliphatic carbocycles. The fourth-order valence-electron chi connectivity index (χ4n) is 2.88. The zero-order valence-electron chi connectivity index (χ0n) is 12.9. The molecule has 1 fully saturated rings. The SMILES string of the molecule is O=C(NC[C@H](O)CO)[C@@H]1C[C@H](CCc2ccccc2)CCN1. The lowest BCUT2D eigenvalue weighted by Crippen LogP contribution is -2.50. The zero-order valence-corrected chi connectivity index (χ0v) is 12.9. The summed E-state index contributed by atoms with van der Waals surface area (Å²) < 4.78 is 0. The van der Waals surface area contributed by atoms with E-state index in [4.69, 9.17) is 5.11 Å². The van der Waals surface area contributed by atoms with Crippen molar-refractivity contribution >= 4 is 5.91 Å². The lowest BCUT2D eigenvalue weighted by Gasteiger charge is -2.29. The van der Waals surface area contributed by atoms with E-state index in [1.54, 1.807) is 0 Å². The van der Waals surface area contributed by atoms with Gasteiger partial charge in [0, 0.05) is 6.54 Å². The van der Waals surface area contributed by atoms with Gasteiger partial charge in [-0.05, 0) is 43.7 Å². The van der Waals surface area contributed by atoms with E-state index >= 15 is 0 Å². The number of amides is 1. The molecule has 1 aliphatic rings. The lowest BCUT2D eigenvalue weighted by atomic mass is 9.87. The highest BCUT2D eigenvalue weighted by atomic mass is 16.3. The predicted molar refractivity (Wildman–Crippen MR) is 85.4 cm³/mol. The van der Waals surface area contributed by atoms with Gasteiger partial charge in [-0.25, -0.2) is 0 Å². The van der Waals surface area contributed by atoms with Crippen LogP contribution < -0.4 is 10.6 Å². The van der Waals surface area contributed by atoms with Crippen LogP contribution in [0.25, 0.3) is 0 Å². The van der Waals surface area contributed by atoms with Crippen molar-refractivity contribution < 1.29 is 15.0 Å². The maximum Gasteiger partial charge on any atom is 0.237 e. The summed E-state index contributed by atoms with van der Waals surface area (Å²) in [5.74, 6) is 0.455. The van der Waals surface area contributed by atoms with Crippen LogP contribution in [0.5, 0.6) is 0 Å². The molecule has 0 radical (unpaired) electrons. The van der Waals surface area contributed by atoms with Crippen molar-refractivity contribution in [3.05, 3.63) is 35.9 Å². The molecular formula is C17H26N2O3. The van der Waals surface area contributed by atoms with Crippen LogP contribution in [-0.4, -0.2) is 48.0 Å². The van der Waals surface area contributed by atoms with E-state index in [2.05, 4.69) is 34.9 Å². The van der Waals surface area contributed by atoms with Gasteiger partial charge in [-0.2, -0.15) is 0 Å². The molecule has 122 valence electrons. The van der Waals surface area contributed by atoms with Gasteiger partial charge in [0.05, 0.1) is 18.8 Å². The standard InChI is InChI=1S/C17H26N2O3/c20-12-15(21)11-19-17(22)16-10-14(8-9-18-16)7-6-13-4-2-1-3-5-13/h1-5,14-16,18,20-21H,6-12H2,(H,19,22)/t14-,15+,16+/m1/s1. The molecule has 5 nitrogen and oxygen atoms in total. The number of aliphatic hydroxyl groups is 2. The number of nitrogens with one attached hydrogen (secondary N) is 2. The lowest BCUT2D eigenvalue weighted by molar-refractivity contribution is -0.124. The molecule has 0 unspecified atom stereocenters. The Kier molecular flexibility index (Phi) is 6.83. The molecule has 5 heteroatoms. The summed E-state index contributed by atoms with van der Waals surface area (Å²) in [7, 11) is 0. The topological polar surface area (TPSA) is 81.6 Å². The van der Waals surface area contributed by atoms with Crippen LogP contribution in [0.3, 0.4) is 0 Å². The van der Waals surface area contributed by atoms with Crippen LogP contribution in [0.4, 0.5) is 0 Å². The Morgan fingerprint density at radius 1 is 1.36 bits per heavy atom. The number of carbonyl (C=O) groups excluding carboxylic acids is 1. The fourth-order valence-corrected chi connectivity index (χ4v) is 2.88. The zero-order chi connectivity index (χ0) is 15.8. The van der Waals surface area contributed by atoms with Crippen LogP contribution in [0.1, 0.15) is 24.8 Å². The number of benzene rings is 1. The van der Waals surface area contributed by atoms with Crippen molar-refractivity contribution in [2.24, 2.45) is 5.92 Å². The van der Waals surface area contributed by atoms with E-state index < -0.39 is 6.10 Å². The van der Waals surface area contributed by atoms with Gasteiger partial charge in [0.2, 0.25) is 5.91 Å². The summed E-state index contributed by atoms with van der Waals surface area (Å²) in [5, 5.41) is 24.0. The molecule has 1 saturated heterocycles. The molecule has 0 saturated carbocycles. The first-order valence-corrected chi connectivity index (χ1v) is 8.03. The summed E-state index contributed by atoms with van der Waals surface area (Å²) in [6.45, 7) is 0.611. The van der Waals surface area contributed by atoms with Crippen LogP contribution in [0.15, 0.2) is 30.3 Å². The van der Waals surface area contributed by atoms with Crippen molar-refractivity contribution in [3.63, 3.8) is 0 Å². The predicted octanol–water partition coefficient (Wildman–Crippen LogP) is 0.457. The number of aryl methyl sites for hydroxylation is 1. The Hall–Kier alpha value is -1.43. The number of hydrogen-bond donors (Lipinski definition) is 4. The van der Waals surface area contributed by atoms with E-state index in [1.807, 2.05) is 6.07 Å². The van der Waals surface area contributed by atoms with Gasteiger partial charge in [0.25, 0.3) is 0 Å². The monoisotopic (exact) mass is 306 g/mol. The van der Waals surface area contributed by atoms with Crippen LogP contribution in [-0.2, 0) is 11.2 Å². The minimum Gasteiger partial charge on any atom is -0.394 e. The number of aliphatic hydroxyl groups excluding tert-OH is 2. The number of rotatable bonds is 7. The molecule has 0 spiro atoms. The average Bonchev–Trinajstić information content (AvgIpc) is 2.58. The van der Waals surface area contributed by atoms with Gasteiger partial charge in [-0.15, -0.1) is 0 Å². The van der Waals surface area contributed by atoms with E-state index in [-0.39, 0.29) is 25.1 Å². The average molecular weight is 306 g/mol. The van der Waals surface area contributed by atoms with Crippen molar-refractivity contribution in [2.75, 3.05) is 19.7 Å². The molecule has 22 heavy (non-hydrogen) atoms. The third-order valence-corrected chi connectivity index (χ3v) is 4.24. The Morgan fingerprint density at radius 3 is 2.86 bits per heavy atom. The molecule has 1 amide bonds. The number of hydrogen-bond acceptors (Lipinski definition) is 4. The summed E-state index contributed by atoms with van der Waals surface area (Å²) in [6.07, 6.45) is 3.17. The fraction of sp³-hybridized carbons (Fsp3) is 0.588. The Morgan fingerprint density at radius 2 is 2.14 bits per heavy atom. The van der Waals surface area contributed by atoms with Gasteiger partial charge < -0.3 is 20.8 Å². The molecule has 3 atom stereocenters. The van der Waals surface area contributed by atoms with Gasteiger partial charge in [-0.1, -0.05) is 30.3 Å². The molecule has 1 heterocycles. The highest BCUT2D eigenvalue weighted by molar-refractivity contribution is 5.81. The molecule has 0 aromatic heterocycles. The van der Waals surface area contributed by atoms with E-state index in [1.165, 1.54) is 5.56 Å². The number of piperidine rings is 1. The second kappa shape index (κ2) is 8.88. The summed E-state index contributed by atoms with van der Waals surface area (Å²) in [5.41, 5.74) is 1.34. The van der Waals surface area contributed by atoms with Gasteiger partial charge in [0.1, 0.15) is 0 Å². The normalized spacial score (nSPS) is 23.0. The minimum atomic E-state index is -0.888. The second-order valence-electron chi connectivity index (χ2n) is 6.00. The van der Waals surface area contributed by atoms with E-state index in [0.717, 1.165) is 32.2 Å². The second-order valence-corrected chi connectivity index (χ2v) is 6.00. The van der Waals surface area contributed by atoms with E-state index in [0.29, 0.717) is 5.92 Å². The molecule has 4 N–H and O–H groups in total. The first-order chi connectivity index (χ1) is 10.7. The van der Waals surface area contributed by atoms with E-state index in [9.17, 15) is 9.90 Å². The molecule has 2 rings (SSSR count). The molecular weight excluding hydrogens is 280 g/mol. The highest BCUT2D eigenvalue weighted by Crippen LogP contribution is 2.22. The summed E-state index contributed by atoms with van der Waals surface area (Å²) in [6, 6.07) is 10.2. The smallest absolute Gasteiger partial charge is 0.237 e. The quantitative estimate of drug-likeness (QED) is 0.590. The van der Waals surface area contributed by atoms with Crippen molar-refractivity contribution in [1.82, 2.24) is 10.6 Å². The Labute approximate surface area is 131 Å². The van der Waals surface area contributed by atoms with Gasteiger partial charge >= 0.3 is 0 Å². The maximum absolute atomic E-state index is 12.1. The molecule has 1 aliphatic heterocycles. The van der Waals surface area contributed by atoms with Crippen LogP contribution in [0, 0.1) is 5.92 Å². The highest BCUT2D eigenvalue weighted by Gasteiger charge is 2.26. The first-order valence-electron chi connectivity index (χ1n) is 8.03. The Bertz CT molecular complexity index is 452. The summed E-state index contributed by atoms with van der Waals surface area (Å²) in [4.78, 5) is 12.1. The largest absolute Gasteiger partial charge is 0.394 e. The molecule has 1 aromatic carbocycles. The van der Waals surface area contributed by atoms with Crippen molar-refractivity contribution in [1.29, 1.82) is 0 Å². The molecule has 1 aromatic rings.